The molecule has 0 unspecified atom stereocenters. The summed E-state index contributed by atoms with van der Waals surface area (Å²) >= 11 is 0. The Morgan fingerprint density at radius 2 is 1.44 bits per heavy atom. The number of primary amides is 1. The molecular formula is C41H67FN6O4. The smallest absolute Gasteiger partial charge is 0.224 e. The van der Waals surface area contributed by atoms with Crippen LogP contribution in [0.2, 0.25) is 0 Å². The molecule has 1 aromatic heterocycles. The molecule has 0 aliphatic rings. The molecule has 0 spiro atoms. The minimum absolute atomic E-state index is 0.00420. The third-order valence-electron chi connectivity index (χ3n) is 9.86. The molecule has 2 amide bonds. The minimum Gasteiger partial charge on any atom is -0.370 e. The van der Waals surface area contributed by atoms with Gasteiger partial charge in [-0.25, -0.2) is 4.39 Å². The lowest BCUT2D eigenvalue weighted by molar-refractivity contribution is -0.133. The summed E-state index contributed by atoms with van der Waals surface area (Å²) in [4.78, 5) is 60.2. The maximum atomic E-state index is 14.0. The number of benzene rings is 1. The van der Waals surface area contributed by atoms with Gasteiger partial charge in [0.25, 0.3) is 0 Å². The van der Waals surface area contributed by atoms with E-state index in [2.05, 4.69) is 22.2 Å². The van der Waals surface area contributed by atoms with Crippen molar-refractivity contribution in [1.29, 1.82) is 0 Å². The van der Waals surface area contributed by atoms with Gasteiger partial charge < -0.3 is 27.5 Å². The molecule has 2 rings (SSSR count). The molecule has 52 heavy (non-hydrogen) atoms. The third kappa shape index (κ3) is 18.1. The van der Waals surface area contributed by atoms with Crippen LogP contribution in [0.15, 0.2) is 29.4 Å². The highest BCUT2D eigenvalue weighted by molar-refractivity contribution is 5.94. The van der Waals surface area contributed by atoms with E-state index in [0.29, 0.717) is 24.8 Å². The van der Waals surface area contributed by atoms with Gasteiger partial charge in [0.05, 0.1) is 6.04 Å². The van der Waals surface area contributed by atoms with Crippen LogP contribution in [0.1, 0.15) is 148 Å². The lowest BCUT2D eigenvalue weighted by Crippen LogP contribution is -2.45. The number of halogens is 1. The highest BCUT2D eigenvalue weighted by Crippen LogP contribution is 2.25. The fourth-order valence-electron chi connectivity index (χ4n) is 6.93. The van der Waals surface area contributed by atoms with Gasteiger partial charge in [-0.2, -0.15) is 0 Å². The average molecular weight is 727 g/mol. The van der Waals surface area contributed by atoms with Crippen LogP contribution < -0.4 is 22.5 Å². The van der Waals surface area contributed by atoms with Crippen LogP contribution in [0.4, 0.5) is 4.39 Å². The minimum atomic E-state index is -0.911. The number of hydrogen-bond acceptors (Lipinski definition) is 5. The van der Waals surface area contributed by atoms with Gasteiger partial charge in [0, 0.05) is 54.7 Å². The highest BCUT2D eigenvalue weighted by Gasteiger charge is 2.30. The number of nitrogens with two attached hydrogens (primary N) is 3. The number of guanidine groups is 1. The summed E-state index contributed by atoms with van der Waals surface area (Å²) in [6.45, 7) is 6.41. The summed E-state index contributed by atoms with van der Waals surface area (Å²) in [7, 11) is 0. The number of aromatic amines is 1. The number of unbranched alkanes of at least 4 members (excludes halogenated alkanes) is 12. The number of aliphatic imine (C=N–C) groups is 1. The van der Waals surface area contributed by atoms with E-state index in [4.69, 9.17) is 17.2 Å². The number of rotatable bonds is 30. The van der Waals surface area contributed by atoms with E-state index in [-0.39, 0.29) is 61.5 Å². The molecule has 8 N–H and O–H groups in total. The predicted molar refractivity (Wildman–Crippen MR) is 209 cm³/mol. The summed E-state index contributed by atoms with van der Waals surface area (Å²) < 4.78 is 13.9. The molecule has 3 atom stereocenters. The lowest BCUT2D eigenvalue weighted by Gasteiger charge is -2.24. The maximum Gasteiger partial charge on any atom is 0.224 e. The van der Waals surface area contributed by atoms with Crippen molar-refractivity contribution in [2.75, 3.05) is 6.54 Å². The largest absolute Gasteiger partial charge is 0.370 e. The second-order valence-electron chi connectivity index (χ2n) is 15.0. The summed E-state index contributed by atoms with van der Waals surface area (Å²) in [5.41, 5.74) is 18.0. The van der Waals surface area contributed by atoms with E-state index < -0.39 is 29.7 Å². The van der Waals surface area contributed by atoms with Crippen molar-refractivity contribution in [3.8, 4) is 0 Å². The lowest BCUT2D eigenvalue weighted by atomic mass is 9.88. The number of carbonyl (C=O) groups excluding carboxylic acids is 4. The van der Waals surface area contributed by atoms with E-state index in [1.165, 1.54) is 76.3 Å². The molecule has 1 aromatic carbocycles. The zero-order valence-corrected chi connectivity index (χ0v) is 32.2. The molecule has 0 radical (unpaired) electrons. The van der Waals surface area contributed by atoms with E-state index >= 15 is 0 Å². The number of nitrogens with zero attached hydrogens (tertiary/aromatic N) is 1. The van der Waals surface area contributed by atoms with Crippen LogP contribution >= 0.6 is 0 Å². The van der Waals surface area contributed by atoms with Gasteiger partial charge in [0.15, 0.2) is 11.7 Å². The first-order valence-corrected chi connectivity index (χ1v) is 19.9. The Balaban J connectivity index is 2.06. The first-order chi connectivity index (χ1) is 24.9. The van der Waals surface area contributed by atoms with Gasteiger partial charge >= 0.3 is 0 Å². The monoisotopic (exact) mass is 727 g/mol. The van der Waals surface area contributed by atoms with Crippen molar-refractivity contribution < 1.29 is 23.6 Å². The first-order valence-electron chi connectivity index (χ1n) is 19.9. The van der Waals surface area contributed by atoms with Crippen molar-refractivity contribution in [2.24, 2.45) is 39.9 Å². The maximum absolute atomic E-state index is 14.0. The predicted octanol–water partition coefficient (Wildman–Crippen LogP) is 7.55. The highest BCUT2D eigenvalue weighted by atomic mass is 19.1. The Kier molecular flexibility index (Phi) is 21.6. The Bertz CT molecular complexity index is 1400. The Hall–Kier alpha value is -3.76. The molecule has 0 fully saturated rings. The first kappa shape index (κ1) is 44.4. The van der Waals surface area contributed by atoms with E-state index in [0.717, 1.165) is 30.2 Å². The van der Waals surface area contributed by atoms with E-state index in [1.54, 1.807) is 12.3 Å². The number of Topliss-reactive ketones (excluding diaryl/α,β-unsaturated/α-hetero) is 2. The van der Waals surface area contributed by atoms with Crippen molar-refractivity contribution in [3.05, 3.63) is 35.8 Å². The van der Waals surface area contributed by atoms with Gasteiger partial charge in [0.2, 0.25) is 11.8 Å². The van der Waals surface area contributed by atoms with Crippen molar-refractivity contribution in [3.63, 3.8) is 0 Å². The SMILES string of the molecule is CCCCCCCCCCCCCCCC(=O)C[C@H](Cc1c[nH]c2cc(F)ccc12)C(=O)N[C@@H](CCCN=C(N)N)C(=O)C[C@@H](CC(C)C)C(N)=O. The zero-order chi connectivity index (χ0) is 38.3. The van der Waals surface area contributed by atoms with Crippen LogP contribution in [0.25, 0.3) is 10.9 Å². The summed E-state index contributed by atoms with van der Waals surface area (Å²) in [5.74, 6) is -3.00. The number of amides is 2. The second kappa shape index (κ2) is 25.3. The average Bonchev–Trinajstić information content (AvgIpc) is 3.48. The molecule has 2 aromatic rings. The Morgan fingerprint density at radius 1 is 0.827 bits per heavy atom. The molecule has 0 saturated carbocycles. The third-order valence-corrected chi connectivity index (χ3v) is 9.86. The quantitative estimate of drug-likeness (QED) is 0.0314. The van der Waals surface area contributed by atoms with Gasteiger partial charge in [-0.1, -0.05) is 97.8 Å². The van der Waals surface area contributed by atoms with Crippen molar-refractivity contribution >= 4 is 40.2 Å². The van der Waals surface area contributed by atoms with Crippen LogP contribution in [-0.2, 0) is 25.6 Å². The zero-order valence-electron chi connectivity index (χ0n) is 32.2. The van der Waals surface area contributed by atoms with Gasteiger partial charge in [0.1, 0.15) is 11.6 Å². The molecule has 0 aliphatic heterocycles. The fourth-order valence-corrected chi connectivity index (χ4v) is 6.93. The number of fused-ring (bicyclic) bond motifs is 1. The van der Waals surface area contributed by atoms with Gasteiger partial charge in [-0.3, -0.25) is 24.2 Å². The normalized spacial score (nSPS) is 13.2. The molecule has 0 aliphatic carbocycles. The molecule has 292 valence electrons. The summed E-state index contributed by atoms with van der Waals surface area (Å²) in [6.07, 6.45) is 19.2. The van der Waals surface area contributed by atoms with Crippen LogP contribution in [-0.4, -0.2) is 46.9 Å². The van der Waals surface area contributed by atoms with Gasteiger partial charge in [-0.05, 0) is 61.8 Å². The van der Waals surface area contributed by atoms with Crippen LogP contribution in [0.3, 0.4) is 0 Å². The van der Waals surface area contributed by atoms with Crippen LogP contribution in [0, 0.1) is 23.6 Å². The number of ketones is 2. The summed E-state index contributed by atoms with van der Waals surface area (Å²) in [6, 6.07) is 3.51. The van der Waals surface area contributed by atoms with Crippen molar-refractivity contribution in [1.82, 2.24) is 10.3 Å². The number of hydrogen-bond donors (Lipinski definition) is 5. The Morgan fingerprint density at radius 3 is 2.02 bits per heavy atom. The number of aromatic nitrogens is 1. The Labute approximate surface area is 311 Å². The van der Waals surface area contributed by atoms with E-state index in [9.17, 15) is 23.6 Å². The molecule has 0 bridgehead atoms. The number of nitrogens with one attached hydrogen (secondary N) is 2. The number of H-pyrrole nitrogens is 1. The van der Waals surface area contributed by atoms with Crippen molar-refractivity contribution in [2.45, 2.75) is 155 Å². The second-order valence-corrected chi connectivity index (χ2v) is 15.0. The number of carbonyl (C=O) groups is 4. The topological polar surface area (TPSA) is 187 Å². The summed E-state index contributed by atoms with van der Waals surface area (Å²) in [5, 5.41) is 3.69. The fraction of sp³-hybridized carbons (Fsp3) is 0.683. The molecule has 11 heteroatoms. The van der Waals surface area contributed by atoms with Gasteiger partial charge in [-0.15, -0.1) is 0 Å². The molecular weight excluding hydrogens is 659 g/mol. The standard InChI is InChI=1S/C41H67FN6O4/c1-4-5-6-7-8-9-10-11-12-13-14-15-16-18-34(49)25-31(24-32-28-47-37-27-33(42)20-21-35(32)37)40(52)48-36(19-17-22-46-41(44)45)38(50)26-30(39(43)51)23-29(2)3/h20-21,27-31,36,47H,4-19,22-26H2,1-3H3,(H2,43,51)(H,48,52)(H4,44,45,46)/t30-,31+,36+/m1/s1. The molecule has 0 saturated heterocycles. The molecule has 10 nitrogen and oxygen atoms in total. The van der Waals surface area contributed by atoms with E-state index in [1.807, 2.05) is 13.8 Å². The van der Waals surface area contributed by atoms with Crippen LogP contribution in [0.5, 0.6) is 0 Å². The molecule has 1 heterocycles.